The third-order valence-corrected chi connectivity index (χ3v) is 4.36. The maximum atomic E-state index is 13.7. The first-order valence-electron chi connectivity index (χ1n) is 8.06. The van der Waals surface area contributed by atoms with Crippen LogP contribution < -0.4 is 14.8 Å². The molecule has 7 heteroatoms. The molecule has 0 aliphatic carbocycles. The predicted octanol–water partition coefficient (Wildman–Crippen LogP) is 3.39. The number of ether oxygens (including phenoxy) is 2. The van der Waals surface area contributed by atoms with Crippen molar-refractivity contribution >= 4 is 21.8 Å². The number of nitrogens with zero attached hydrogens (tertiary/aromatic N) is 1. The van der Waals surface area contributed by atoms with Crippen molar-refractivity contribution in [3.8, 4) is 11.5 Å². The van der Waals surface area contributed by atoms with Crippen LogP contribution in [0.25, 0.3) is 0 Å². The van der Waals surface area contributed by atoms with Crippen molar-refractivity contribution in [1.82, 2.24) is 10.2 Å². The number of hydrogen-bond donors (Lipinski definition) is 1. The topological polar surface area (TPSA) is 50.8 Å². The summed E-state index contributed by atoms with van der Waals surface area (Å²) in [6.07, 6.45) is 0. The lowest BCUT2D eigenvalue weighted by Gasteiger charge is -2.26. The number of hydrogen-bond acceptors (Lipinski definition) is 4. The molecule has 140 valence electrons. The summed E-state index contributed by atoms with van der Waals surface area (Å²) in [6.45, 7) is 0.114. The monoisotopic (exact) mass is 424 g/mol. The summed E-state index contributed by atoms with van der Waals surface area (Å²) in [7, 11) is 5.47. The Morgan fingerprint density at radius 1 is 1.23 bits per heavy atom. The zero-order valence-electron chi connectivity index (χ0n) is 15.0. The van der Waals surface area contributed by atoms with Crippen LogP contribution in [0.4, 0.5) is 4.39 Å². The van der Waals surface area contributed by atoms with Crippen LogP contribution in [0.1, 0.15) is 11.6 Å². The molecule has 0 aliphatic rings. The number of amides is 1. The fraction of sp³-hybridized carbons (Fsp3) is 0.316. The van der Waals surface area contributed by atoms with E-state index in [2.05, 4.69) is 21.2 Å². The molecule has 2 rings (SSSR count). The summed E-state index contributed by atoms with van der Waals surface area (Å²) in [4.78, 5) is 14.1. The fourth-order valence-corrected chi connectivity index (χ4v) is 2.84. The molecule has 0 saturated heterocycles. The molecule has 0 bridgehead atoms. The van der Waals surface area contributed by atoms with Gasteiger partial charge < -0.3 is 19.7 Å². The molecule has 2 aromatic carbocycles. The van der Waals surface area contributed by atoms with Crippen LogP contribution in [-0.4, -0.2) is 45.2 Å². The maximum Gasteiger partial charge on any atom is 0.258 e. The average Bonchev–Trinajstić information content (AvgIpc) is 2.61. The van der Waals surface area contributed by atoms with Crippen LogP contribution in [0.2, 0.25) is 0 Å². The van der Waals surface area contributed by atoms with Crippen LogP contribution in [0.5, 0.6) is 11.5 Å². The second-order valence-corrected chi connectivity index (χ2v) is 6.80. The van der Waals surface area contributed by atoms with E-state index in [1.54, 1.807) is 13.2 Å². The molecular formula is C19H22BrFN2O3. The van der Waals surface area contributed by atoms with E-state index in [0.29, 0.717) is 11.0 Å². The van der Waals surface area contributed by atoms with E-state index in [0.717, 1.165) is 11.3 Å². The number of carbonyl (C=O) groups excluding carboxylic acids is 1. The number of methoxy groups -OCH3 is 1. The van der Waals surface area contributed by atoms with Gasteiger partial charge in [0, 0.05) is 16.6 Å². The summed E-state index contributed by atoms with van der Waals surface area (Å²) in [5.41, 5.74) is 0.972. The highest BCUT2D eigenvalue weighted by Crippen LogP contribution is 2.27. The van der Waals surface area contributed by atoms with Crippen LogP contribution in [0.3, 0.4) is 0 Å². The van der Waals surface area contributed by atoms with Gasteiger partial charge in [0.15, 0.2) is 18.2 Å². The first-order valence-corrected chi connectivity index (χ1v) is 8.85. The number of para-hydroxylation sites is 1. The van der Waals surface area contributed by atoms with Gasteiger partial charge in [-0.05, 0) is 38.4 Å². The number of rotatable bonds is 8. The number of likely N-dealkylation sites (N-methyl/N-ethyl adjacent to an activating group) is 1. The zero-order valence-corrected chi connectivity index (χ0v) is 16.5. The number of halogens is 2. The second-order valence-electron chi connectivity index (χ2n) is 5.89. The summed E-state index contributed by atoms with van der Waals surface area (Å²) < 4.78 is 25.0. The van der Waals surface area contributed by atoms with Gasteiger partial charge in [-0.25, -0.2) is 4.39 Å². The maximum absolute atomic E-state index is 13.7. The molecule has 0 heterocycles. The highest BCUT2D eigenvalue weighted by atomic mass is 79.9. The summed E-state index contributed by atoms with van der Waals surface area (Å²) in [6, 6.07) is 12.0. The van der Waals surface area contributed by atoms with Gasteiger partial charge in [0.25, 0.3) is 5.91 Å². The molecule has 1 N–H and O–H groups in total. The molecule has 0 aliphatic heterocycles. The van der Waals surface area contributed by atoms with Gasteiger partial charge in [0.1, 0.15) is 5.75 Å². The van der Waals surface area contributed by atoms with Gasteiger partial charge in [-0.3, -0.25) is 4.79 Å². The lowest BCUT2D eigenvalue weighted by molar-refractivity contribution is -0.123. The predicted molar refractivity (Wildman–Crippen MR) is 102 cm³/mol. The molecule has 0 radical (unpaired) electrons. The minimum absolute atomic E-state index is 0.0391. The first kappa shape index (κ1) is 20.2. The molecule has 0 saturated carbocycles. The van der Waals surface area contributed by atoms with Gasteiger partial charge in [-0.15, -0.1) is 0 Å². The van der Waals surface area contributed by atoms with E-state index in [9.17, 15) is 9.18 Å². The Morgan fingerprint density at radius 3 is 2.62 bits per heavy atom. The van der Waals surface area contributed by atoms with Crippen molar-refractivity contribution in [2.75, 3.05) is 34.4 Å². The van der Waals surface area contributed by atoms with Crippen LogP contribution in [0.15, 0.2) is 46.9 Å². The van der Waals surface area contributed by atoms with Gasteiger partial charge in [-0.2, -0.15) is 0 Å². The Bertz CT molecular complexity index is 755. The molecule has 0 spiro atoms. The number of nitrogens with one attached hydrogen (secondary N) is 1. The highest BCUT2D eigenvalue weighted by molar-refractivity contribution is 9.10. The van der Waals surface area contributed by atoms with Gasteiger partial charge in [0.2, 0.25) is 0 Å². The molecule has 1 unspecified atom stereocenters. The first-order chi connectivity index (χ1) is 12.4. The Labute approximate surface area is 161 Å². The molecular weight excluding hydrogens is 403 g/mol. The van der Waals surface area contributed by atoms with Gasteiger partial charge >= 0.3 is 0 Å². The second kappa shape index (κ2) is 9.54. The summed E-state index contributed by atoms with van der Waals surface area (Å²) in [5, 5.41) is 2.82. The van der Waals surface area contributed by atoms with Gasteiger partial charge in [0.05, 0.1) is 13.2 Å². The number of carbonyl (C=O) groups is 1. The Kier molecular flexibility index (Phi) is 7.41. The number of benzene rings is 2. The van der Waals surface area contributed by atoms with E-state index in [1.165, 1.54) is 12.1 Å². The Hall–Kier alpha value is -2.12. The lowest BCUT2D eigenvalue weighted by Crippen LogP contribution is -2.37. The largest absolute Gasteiger partial charge is 0.496 e. The third kappa shape index (κ3) is 5.44. The molecule has 2 aromatic rings. The summed E-state index contributed by atoms with van der Waals surface area (Å²) >= 11 is 3.17. The van der Waals surface area contributed by atoms with E-state index in [4.69, 9.17) is 9.47 Å². The molecule has 5 nitrogen and oxygen atoms in total. The van der Waals surface area contributed by atoms with Crippen molar-refractivity contribution < 1.29 is 18.7 Å². The summed E-state index contributed by atoms with van der Waals surface area (Å²) in [5.74, 6) is -0.0488. The normalized spacial score (nSPS) is 11.9. The molecule has 0 aromatic heterocycles. The molecule has 1 atom stereocenters. The van der Waals surface area contributed by atoms with Crippen molar-refractivity contribution in [2.24, 2.45) is 0 Å². The smallest absolute Gasteiger partial charge is 0.258 e. The van der Waals surface area contributed by atoms with Crippen molar-refractivity contribution in [3.63, 3.8) is 0 Å². The van der Waals surface area contributed by atoms with Crippen molar-refractivity contribution in [2.45, 2.75) is 6.04 Å². The zero-order chi connectivity index (χ0) is 19.1. The quantitative estimate of drug-likeness (QED) is 0.705. The minimum atomic E-state index is -0.521. The van der Waals surface area contributed by atoms with Crippen LogP contribution in [-0.2, 0) is 4.79 Å². The van der Waals surface area contributed by atoms with E-state index in [-0.39, 0.29) is 24.3 Å². The van der Waals surface area contributed by atoms with E-state index in [1.807, 2.05) is 43.3 Å². The van der Waals surface area contributed by atoms with E-state index < -0.39 is 5.82 Å². The standard InChI is InChI=1S/C19H22BrFN2O3/c1-23(2)16(14-6-4-5-7-17(14)25-3)11-22-19(24)12-26-18-9-8-13(20)10-15(18)21/h4-10,16H,11-12H2,1-3H3,(H,22,24). The Morgan fingerprint density at radius 2 is 1.96 bits per heavy atom. The Balaban J connectivity index is 1.95. The van der Waals surface area contributed by atoms with Crippen LogP contribution >= 0.6 is 15.9 Å². The SMILES string of the molecule is COc1ccccc1C(CNC(=O)COc1ccc(Br)cc1F)N(C)C. The molecule has 26 heavy (non-hydrogen) atoms. The third-order valence-electron chi connectivity index (χ3n) is 3.87. The fourth-order valence-electron chi connectivity index (χ4n) is 2.51. The highest BCUT2D eigenvalue weighted by Gasteiger charge is 2.19. The molecule has 1 amide bonds. The van der Waals surface area contributed by atoms with Crippen molar-refractivity contribution in [3.05, 3.63) is 58.3 Å². The molecule has 0 fully saturated rings. The van der Waals surface area contributed by atoms with Crippen LogP contribution in [0, 0.1) is 5.82 Å². The van der Waals surface area contributed by atoms with Crippen molar-refractivity contribution in [1.29, 1.82) is 0 Å². The lowest BCUT2D eigenvalue weighted by atomic mass is 10.0. The average molecular weight is 425 g/mol. The minimum Gasteiger partial charge on any atom is -0.496 e. The van der Waals surface area contributed by atoms with Gasteiger partial charge in [-0.1, -0.05) is 34.1 Å². The van der Waals surface area contributed by atoms with E-state index >= 15 is 0 Å².